The van der Waals surface area contributed by atoms with Gasteiger partial charge in [-0.25, -0.2) is 0 Å². The molecule has 61 heavy (non-hydrogen) atoms. The van der Waals surface area contributed by atoms with Crippen molar-refractivity contribution in [3.63, 3.8) is 0 Å². The molecule has 0 radical (unpaired) electrons. The van der Waals surface area contributed by atoms with Crippen molar-refractivity contribution in [3.8, 4) is 44.8 Å². The van der Waals surface area contributed by atoms with Crippen LogP contribution < -0.4 is 5.32 Å². The lowest BCUT2D eigenvalue weighted by molar-refractivity contribution is 1.18. The number of rotatable bonds is 7. The van der Waals surface area contributed by atoms with E-state index in [0.717, 1.165) is 39.4 Å². The van der Waals surface area contributed by atoms with Gasteiger partial charge in [-0.05, 0) is 124 Å². The molecule has 0 aliphatic carbocycles. The highest BCUT2D eigenvalue weighted by Gasteiger charge is 2.17. The molecule has 0 fully saturated rings. The van der Waals surface area contributed by atoms with Crippen LogP contribution in [0.5, 0.6) is 0 Å². The Morgan fingerprint density at radius 1 is 0.279 bits per heavy atom. The van der Waals surface area contributed by atoms with E-state index in [9.17, 15) is 0 Å². The zero-order valence-corrected chi connectivity index (χ0v) is 33.3. The number of para-hydroxylation sites is 3. The number of anilines is 2. The van der Waals surface area contributed by atoms with Crippen molar-refractivity contribution >= 4 is 65.8 Å². The molecule has 12 aromatic rings. The van der Waals surface area contributed by atoms with Crippen LogP contribution in [0.15, 0.2) is 231 Å². The number of hydrogen-bond donors (Lipinski definition) is 1. The summed E-state index contributed by atoms with van der Waals surface area (Å²) in [6.45, 7) is 0. The summed E-state index contributed by atoms with van der Waals surface area (Å²) in [5, 5.41) is 11.3. The highest BCUT2D eigenvalue weighted by Crippen LogP contribution is 2.41. The third-order valence-electron chi connectivity index (χ3n) is 12.3. The lowest BCUT2D eigenvalue weighted by atomic mass is 9.95. The van der Waals surface area contributed by atoms with Gasteiger partial charge in [0, 0.05) is 49.9 Å². The number of benzene rings is 10. The van der Waals surface area contributed by atoms with Gasteiger partial charge in [0.2, 0.25) is 0 Å². The Hall–Kier alpha value is -8.14. The fraction of sp³-hybridized carbons (Fsp3) is 0. The van der Waals surface area contributed by atoms with Gasteiger partial charge < -0.3 is 14.5 Å². The number of fused-ring (bicyclic) bond motifs is 7. The van der Waals surface area contributed by atoms with E-state index >= 15 is 0 Å². The van der Waals surface area contributed by atoms with E-state index in [4.69, 9.17) is 0 Å². The van der Waals surface area contributed by atoms with Gasteiger partial charge in [0.05, 0.1) is 22.1 Å². The van der Waals surface area contributed by atoms with Crippen LogP contribution in [-0.4, -0.2) is 9.13 Å². The Bertz CT molecular complexity index is 3610. The second kappa shape index (κ2) is 14.3. The highest BCUT2D eigenvalue weighted by atomic mass is 15.0. The predicted octanol–water partition coefficient (Wildman–Crippen LogP) is 15.8. The molecule has 0 atom stereocenters. The molecule has 0 aliphatic rings. The molecule has 2 heterocycles. The first-order chi connectivity index (χ1) is 30.2. The van der Waals surface area contributed by atoms with Crippen molar-refractivity contribution in [2.75, 3.05) is 5.32 Å². The molecule has 0 saturated carbocycles. The standard InChI is InChI=1S/C58H39N3/c1-3-14-39(15-4-1)41-18-13-19-46(34-41)59-54-31-27-43(36-51(54)45-29-33-57-53(38-45)50-23-9-11-24-55(50)60(57)47-20-5-2-6-21-47)44-28-32-58-52(37-44)49-22-10-12-25-56(49)61(58)48-30-26-40-16-7-8-17-42(40)35-48/h1-38,59H. The number of hydrogen-bond acceptors (Lipinski definition) is 1. The zero-order chi connectivity index (χ0) is 40.3. The first kappa shape index (κ1) is 34.9. The van der Waals surface area contributed by atoms with E-state index in [1.807, 2.05) is 0 Å². The fourth-order valence-corrected chi connectivity index (χ4v) is 9.38. The van der Waals surface area contributed by atoms with Crippen LogP contribution in [0, 0.1) is 0 Å². The second-order valence-electron chi connectivity index (χ2n) is 15.9. The van der Waals surface area contributed by atoms with Gasteiger partial charge >= 0.3 is 0 Å². The summed E-state index contributed by atoms with van der Waals surface area (Å²) < 4.78 is 4.78. The summed E-state index contributed by atoms with van der Waals surface area (Å²) in [5.41, 5.74) is 16.2. The van der Waals surface area contributed by atoms with E-state index in [-0.39, 0.29) is 0 Å². The van der Waals surface area contributed by atoms with Crippen LogP contribution in [0.2, 0.25) is 0 Å². The third kappa shape index (κ3) is 5.98. The van der Waals surface area contributed by atoms with Crippen LogP contribution in [0.3, 0.4) is 0 Å². The van der Waals surface area contributed by atoms with E-state index in [2.05, 4.69) is 245 Å². The number of nitrogens with zero attached hydrogens (tertiary/aromatic N) is 2. The van der Waals surface area contributed by atoms with Crippen molar-refractivity contribution in [3.05, 3.63) is 231 Å². The fourth-order valence-electron chi connectivity index (χ4n) is 9.38. The summed E-state index contributed by atoms with van der Waals surface area (Å²) in [6, 6.07) is 83.6. The van der Waals surface area contributed by atoms with Crippen LogP contribution in [-0.2, 0) is 0 Å². The average Bonchev–Trinajstić information content (AvgIpc) is 3.84. The third-order valence-corrected chi connectivity index (χ3v) is 12.3. The molecule has 3 nitrogen and oxygen atoms in total. The molecular weight excluding hydrogens is 739 g/mol. The van der Waals surface area contributed by atoms with Crippen molar-refractivity contribution < 1.29 is 0 Å². The minimum Gasteiger partial charge on any atom is -0.355 e. The van der Waals surface area contributed by atoms with Gasteiger partial charge in [-0.15, -0.1) is 0 Å². The molecule has 1 N–H and O–H groups in total. The molecule has 0 bridgehead atoms. The Labute approximate surface area is 354 Å². The van der Waals surface area contributed by atoms with E-state index in [1.54, 1.807) is 0 Å². The Balaban J connectivity index is 1.03. The topological polar surface area (TPSA) is 21.9 Å². The zero-order valence-electron chi connectivity index (χ0n) is 33.3. The first-order valence-electron chi connectivity index (χ1n) is 20.9. The highest BCUT2D eigenvalue weighted by molar-refractivity contribution is 6.12. The summed E-state index contributed by atoms with van der Waals surface area (Å²) in [4.78, 5) is 0. The van der Waals surface area contributed by atoms with E-state index in [1.165, 1.54) is 71.1 Å². The molecule has 0 saturated heterocycles. The number of aromatic nitrogens is 2. The quantitative estimate of drug-likeness (QED) is 0.171. The van der Waals surface area contributed by atoms with Gasteiger partial charge in [-0.3, -0.25) is 0 Å². The maximum atomic E-state index is 3.86. The molecule has 0 amide bonds. The van der Waals surface area contributed by atoms with Crippen LogP contribution >= 0.6 is 0 Å². The number of nitrogens with one attached hydrogen (secondary N) is 1. The van der Waals surface area contributed by atoms with Gasteiger partial charge in [-0.2, -0.15) is 0 Å². The molecular formula is C58H39N3. The minimum atomic E-state index is 1.04. The van der Waals surface area contributed by atoms with Crippen LogP contribution in [0.1, 0.15) is 0 Å². The maximum absolute atomic E-state index is 3.86. The SMILES string of the molecule is c1ccc(-c2cccc(Nc3ccc(-c4ccc5c(c4)c4ccccc4n5-c4ccc5ccccc5c4)cc3-c3ccc4c(c3)c3ccccc3n4-c3ccccc3)c2)cc1. The summed E-state index contributed by atoms with van der Waals surface area (Å²) in [6.07, 6.45) is 0. The lowest BCUT2D eigenvalue weighted by Gasteiger charge is -2.16. The first-order valence-corrected chi connectivity index (χ1v) is 20.9. The monoisotopic (exact) mass is 777 g/mol. The molecule has 0 aliphatic heterocycles. The van der Waals surface area contributed by atoms with Gasteiger partial charge in [0.25, 0.3) is 0 Å². The summed E-state index contributed by atoms with van der Waals surface area (Å²) >= 11 is 0. The smallest absolute Gasteiger partial charge is 0.0541 e. The van der Waals surface area contributed by atoms with Gasteiger partial charge in [-0.1, -0.05) is 146 Å². The van der Waals surface area contributed by atoms with Crippen molar-refractivity contribution in [1.82, 2.24) is 9.13 Å². The molecule has 2 aromatic heterocycles. The van der Waals surface area contributed by atoms with Crippen molar-refractivity contribution in [1.29, 1.82) is 0 Å². The largest absolute Gasteiger partial charge is 0.355 e. The summed E-state index contributed by atoms with van der Waals surface area (Å²) in [5.74, 6) is 0. The molecule has 0 spiro atoms. The van der Waals surface area contributed by atoms with Crippen molar-refractivity contribution in [2.45, 2.75) is 0 Å². The van der Waals surface area contributed by atoms with Gasteiger partial charge in [0.15, 0.2) is 0 Å². The molecule has 12 rings (SSSR count). The second-order valence-corrected chi connectivity index (χ2v) is 15.9. The van der Waals surface area contributed by atoms with Crippen LogP contribution in [0.25, 0.3) is 99.1 Å². The normalized spacial score (nSPS) is 11.6. The lowest BCUT2D eigenvalue weighted by Crippen LogP contribution is -1.96. The summed E-state index contributed by atoms with van der Waals surface area (Å²) in [7, 11) is 0. The molecule has 286 valence electrons. The Kier molecular flexibility index (Phi) is 8.17. The molecule has 10 aromatic carbocycles. The Morgan fingerprint density at radius 2 is 0.820 bits per heavy atom. The minimum absolute atomic E-state index is 1.04. The maximum Gasteiger partial charge on any atom is 0.0541 e. The molecule has 3 heteroatoms. The Morgan fingerprint density at radius 3 is 1.57 bits per heavy atom. The van der Waals surface area contributed by atoms with Crippen molar-refractivity contribution in [2.24, 2.45) is 0 Å². The molecule has 0 unspecified atom stereocenters. The van der Waals surface area contributed by atoms with E-state index in [0.29, 0.717) is 0 Å². The predicted molar refractivity (Wildman–Crippen MR) is 259 cm³/mol. The van der Waals surface area contributed by atoms with Crippen LogP contribution in [0.4, 0.5) is 11.4 Å². The van der Waals surface area contributed by atoms with Gasteiger partial charge in [0.1, 0.15) is 0 Å². The van der Waals surface area contributed by atoms with E-state index < -0.39 is 0 Å². The average molecular weight is 778 g/mol.